The Balaban J connectivity index is 2.05. The highest BCUT2D eigenvalue weighted by atomic mass is 16.3. The Bertz CT molecular complexity index is 959. The summed E-state index contributed by atoms with van der Waals surface area (Å²) in [5.41, 5.74) is -0.0894. The van der Waals surface area contributed by atoms with Gasteiger partial charge in [0.1, 0.15) is 17.8 Å². The third-order valence-corrected chi connectivity index (χ3v) is 4.98. The molecule has 3 N–H and O–H groups in total. The van der Waals surface area contributed by atoms with Crippen LogP contribution in [0.15, 0.2) is 24.3 Å². The molecule has 0 amide bonds. The predicted octanol–water partition coefficient (Wildman–Crippen LogP) is 1.67. The topological polar surface area (TPSA) is 112 Å². The Labute approximate surface area is 142 Å². The summed E-state index contributed by atoms with van der Waals surface area (Å²) in [6.07, 6.45) is -0.355. The molecular formula is C19H14O6. The van der Waals surface area contributed by atoms with E-state index in [-0.39, 0.29) is 46.2 Å². The van der Waals surface area contributed by atoms with Gasteiger partial charge in [0.25, 0.3) is 0 Å². The fraction of sp³-hybridized carbons (Fsp3) is 0.211. The van der Waals surface area contributed by atoms with Gasteiger partial charge in [-0.05, 0) is 12.8 Å². The number of hydrogen-bond acceptors (Lipinski definition) is 6. The third-order valence-electron chi connectivity index (χ3n) is 4.98. The summed E-state index contributed by atoms with van der Waals surface area (Å²) in [6, 6.07) is 6.18. The minimum Gasteiger partial charge on any atom is -0.507 e. The van der Waals surface area contributed by atoms with Crippen molar-refractivity contribution in [3.8, 4) is 11.5 Å². The van der Waals surface area contributed by atoms with Gasteiger partial charge in [0.15, 0.2) is 11.6 Å². The average molecular weight is 338 g/mol. The molecule has 2 aliphatic carbocycles. The normalized spacial score (nSPS) is 21.3. The maximum Gasteiger partial charge on any atom is 0.198 e. The van der Waals surface area contributed by atoms with Gasteiger partial charge in [0.2, 0.25) is 0 Å². The van der Waals surface area contributed by atoms with Crippen molar-refractivity contribution in [3.05, 3.63) is 57.6 Å². The number of ketones is 2. The first-order chi connectivity index (χ1) is 12.0. The molecular weight excluding hydrogens is 324 g/mol. The number of aldehydes is 1. The molecule has 0 spiro atoms. The highest BCUT2D eigenvalue weighted by Crippen LogP contribution is 2.48. The van der Waals surface area contributed by atoms with E-state index < -0.39 is 35.1 Å². The molecule has 2 unspecified atom stereocenters. The van der Waals surface area contributed by atoms with Crippen LogP contribution in [0.1, 0.15) is 55.5 Å². The number of carbonyl (C=O) groups excluding carboxylic acids is 3. The van der Waals surface area contributed by atoms with Crippen LogP contribution in [-0.2, 0) is 11.2 Å². The fourth-order valence-corrected chi connectivity index (χ4v) is 3.80. The van der Waals surface area contributed by atoms with Crippen LogP contribution in [0.2, 0.25) is 0 Å². The number of rotatable bonds is 1. The summed E-state index contributed by atoms with van der Waals surface area (Å²) in [4.78, 5) is 36.7. The predicted molar refractivity (Wildman–Crippen MR) is 85.9 cm³/mol. The lowest BCUT2D eigenvalue weighted by Gasteiger charge is -2.30. The zero-order valence-corrected chi connectivity index (χ0v) is 13.0. The molecule has 2 aliphatic rings. The van der Waals surface area contributed by atoms with E-state index in [1.165, 1.54) is 12.1 Å². The highest BCUT2D eigenvalue weighted by molar-refractivity contribution is 6.30. The number of fused-ring (bicyclic) bond motifs is 3. The Morgan fingerprint density at radius 3 is 2.08 bits per heavy atom. The number of hydrogen-bond donors (Lipinski definition) is 3. The van der Waals surface area contributed by atoms with E-state index in [9.17, 15) is 29.7 Å². The van der Waals surface area contributed by atoms with Gasteiger partial charge < -0.3 is 20.1 Å². The molecule has 0 radical (unpaired) electrons. The molecule has 0 heterocycles. The van der Waals surface area contributed by atoms with Crippen LogP contribution in [0.3, 0.4) is 0 Å². The minimum atomic E-state index is -1.20. The number of aromatic hydroxyl groups is 2. The molecule has 0 aromatic heterocycles. The average Bonchev–Trinajstić information content (AvgIpc) is 2.62. The van der Waals surface area contributed by atoms with Crippen molar-refractivity contribution in [3.63, 3.8) is 0 Å². The van der Waals surface area contributed by atoms with Crippen LogP contribution in [0.25, 0.3) is 0 Å². The highest BCUT2D eigenvalue weighted by Gasteiger charge is 2.40. The molecule has 126 valence electrons. The standard InChI is InChI=1S/C19H14O6/c20-7-8-5-11-13(12(21)6-8)19(25)15-14(18(11)24)16(22)9-3-1-2-4-10(9)17(15)23/h1-4,7-8,12,21,24-25H,5-6H2. The van der Waals surface area contributed by atoms with E-state index in [4.69, 9.17) is 0 Å². The van der Waals surface area contributed by atoms with Crippen molar-refractivity contribution < 1.29 is 29.7 Å². The van der Waals surface area contributed by atoms with Crippen LogP contribution >= 0.6 is 0 Å². The number of phenols is 2. The van der Waals surface area contributed by atoms with Gasteiger partial charge in [-0.2, -0.15) is 0 Å². The Hall–Kier alpha value is -2.99. The van der Waals surface area contributed by atoms with Gasteiger partial charge in [0, 0.05) is 28.2 Å². The van der Waals surface area contributed by atoms with E-state index in [0.29, 0.717) is 6.29 Å². The molecule has 0 bridgehead atoms. The van der Waals surface area contributed by atoms with E-state index in [1.54, 1.807) is 12.1 Å². The van der Waals surface area contributed by atoms with E-state index in [1.807, 2.05) is 0 Å². The van der Waals surface area contributed by atoms with Gasteiger partial charge in [-0.3, -0.25) is 9.59 Å². The molecule has 0 saturated carbocycles. The first kappa shape index (κ1) is 15.5. The molecule has 25 heavy (non-hydrogen) atoms. The van der Waals surface area contributed by atoms with Gasteiger partial charge >= 0.3 is 0 Å². The largest absolute Gasteiger partial charge is 0.507 e. The second kappa shape index (κ2) is 5.26. The van der Waals surface area contributed by atoms with Crippen LogP contribution in [0.4, 0.5) is 0 Å². The summed E-state index contributed by atoms with van der Waals surface area (Å²) in [7, 11) is 0. The van der Waals surface area contributed by atoms with E-state index in [2.05, 4.69) is 0 Å². The Morgan fingerprint density at radius 1 is 0.960 bits per heavy atom. The smallest absolute Gasteiger partial charge is 0.198 e. The lowest BCUT2D eigenvalue weighted by atomic mass is 9.75. The van der Waals surface area contributed by atoms with E-state index in [0.717, 1.165) is 0 Å². The lowest BCUT2D eigenvalue weighted by molar-refractivity contribution is -0.112. The van der Waals surface area contributed by atoms with Gasteiger partial charge in [-0.15, -0.1) is 0 Å². The number of benzene rings is 2. The zero-order chi connectivity index (χ0) is 17.9. The summed E-state index contributed by atoms with van der Waals surface area (Å²) in [5.74, 6) is -2.62. The molecule has 6 heteroatoms. The molecule has 0 saturated heterocycles. The fourth-order valence-electron chi connectivity index (χ4n) is 3.80. The molecule has 0 fully saturated rings. The van der Waals surface area contributed by atoms with E-state index >= 15 is 0 Å². The Morgan fingerprint density at radius 2 is 1.52 bits per heavy atom. The van der Waals surface area contributed by atoms with Crippen molar-refractivity contribution >= 4 is 17.9 Å². The number of phenolic OH excluding ortho intramolecular Hbond substituents is 2. The number of aliphatic hydroxyl groups excluding tert-OH is 1. The number of carbonyl (C=O) groups is 3. The van der Waals surface area contributed by atoms with Crippen molar-refractivity contribution in [1.29, 1.82) is 0 Å². The lowest BCUT2D eigenvalue weighted by Crippen LogP contribution is -2.26. The Kier molecular flexibility index (Phi) is 3.27. The van der Waals surface area contributed by atoms with Crippen LogP contribution in [-0.4, -0.2) is 33.2 Å². The quantitative estimate of drug-likeness (QED) is 0.460. The molecule has 2 aromatic rings. The summed E-state index contributed by atoms with van der Waals surface area (Å²) in [5, 5.41) is 31.5. The minimum absolute atomic E-state index is 0.0230. The van der Waals surface area contributed by atoms with Crippen molar-refractivity contribution in [2.75, 3.05) is 0 Å². The first-order valence-electron chi connectivity index (χ1n) is 7.88. The first-order valence-corrected chi connectivity index (χ1v) is 7.88. The zero-order valence-electron chi connectivity index (χ0n) is 13.0. The second-order valence-electron chi connectivity index (χ2n) is 6.40. The summed E-state index contributed by atoms with van der Waals surface area (Å²) in [6.45, 7) is 0. The van der Waals surface area contributed by atoms with Gasteiger partial charge in [-0.25, -0.2) is 0 Å². The second-order valence-corrected chi connectivity index (χ2v) is 6.40. The molecule has 0 aliphatic heterocycles. The monoisotopic (exact) mass is 338 g/mol. The van der Waals surface area contributed by atoms with Crippen molar-refractivity contribution in [1.82, 2.24) is 0 Å². The van der Waals surface area contributed by atoms with Crippen LogP contribution < -0.4 is 0 Å². The van der Waals surface area contributed by atoms with Crippen molar-refractivity contribution in [2.24, 2.45) is 5.92 Å². The third kappa shape index (κ3) is 1.97. The molecule has 2 aromatic carbocycles. The summed E-state index contributed by atoms with van der Waals surface area (Å²) < 4.78 is 0. The van der Waals surface area contributed by atoms with Crippen LogP contribution in [0.5, 0.6) is 11.5 Å². The summed E-state index contributed by atoms with van der Waals surface area (Å²) >= 11 is 0. The van der Waals surface area contributed by atoms with Gasteiger partial charge in [-0.1, -0.05) is 24.3 Å². The van der Waals surface area contributed by atoms with Crippen molar-refractivity contribution in [2.45, 2.75) is 18.9 Å². The molecule has 4 rings (SSSR count). The number of aliphatic hydroxyl groups is 1. The maximum atomic E-state index is 12.8. The van der Waals surface area contributed by atoms with Gasteiger partial charge in [0.05, 0.1) is 17.2 Å². The van der Waals surface area contributed by atoms with Crippen LogP contribution in [0, 0.1) is 5.92 Å². The maximum absolute atomic E-state index is 12.8. The SMILES string of the molecule is O=CC1Cc2c(O)c3c(c(O)c2C(O)C1)C(=O)c1ccccc1C3=O. The molecule has 6 nitrogen and oxygen atoms in total. The molecule has 2 atom stereocenters.